The van der Waals surface area contributed by atoms with Gasteiger partial charge in [0.05, 0.1) is 6.20 Å². The van der Waals surface area contributed by atoms with Gasteiger partial charge in [-0.05, 0) is 11.1 Å². The molecule has 24 heavy (non-hydrogen) atoms. The van der Waals surface area contributed by atoms with Gasteiger partial charge in [-0.1, -0.05) is 60.7 Å². The fourth-order valence-electron chi connectivity index (χ4n) is 2.49. The Balaban J connectivity index is 1.78. The first-order valence-electron chi connectivity index (χ1n) is 7.84. The van der Waals surface area contributed by atoms with Crippen LogP contribution in [0.15, 0.2) is 72.9 Å². The molecular weight excluding hydrogens is 300 g/mol. The Morgan fingerprint density at radius 3 is 1.96 bits per heavy atom. The largest absolute Gasteiger partial charge is 0.323 e. The third kappa shape index (κ3) is 4.01. The number of amides is 2. The van der Waals surface area contributed by atoms with E-state index in [9.17, 15) is 4.79 Å². The van der Waals surface area contributed by atoms with E-state index in [-0.39, 0.29) is 6.03 Å². The van der Waals surface area contributed by atoms with Crippen LogP contribution in [0.5, 0.6) is 0 Å². The number of nitrogens with zero attached hydrogens (tertiary/aromatic N) is 3. The lowest BCUT2D eigenvalue weighted by Gasteiger charge is -2.23. The highest BCUT2D eigenvalue weighted by molar-refractivity contribution is 5.88. The molecule has 0 aliphatic carbocycles. The number of hydrogen-bond donors (Lipinski definition) is 1. The number of nitrogens with one attached hydrogen (secondary N) is 1. The molecule has 3 rings (SSSR count). The van der Waals surface area contributed by atoms with E-state index in [0.29, 0.717) is 18.9 Å². The first kappa shape index (κ1) is 15.8. The summed E-state index contributed by atoms with van der Waals surface area (Å²) in [6.45, 7) is 1.08. The van der Waals surface area contributed by atoms with E-state index in [0.717, 1.165) is 11.1 Å². The predicted molar refractivity (Wildman–Crippen MR) is 94.4 cm³/mol. The lowest BCUT2D eigenvalue weighted by molar-refractivity contribution is 0.206. The maximum absolute atomic E-state index is 12.7. The summed E-state index contributed by atoms with van der Waals surface area (Å²) in [5.74, 6) is 0.672. The van der Waals surface area contributed by atoms with Crippen molar-refractivity contribution in [2.45, 2.75) is 13.1 Å². The summed E-state index contributed by atoms with van der Waals surface area (Å²) in [6, 6.07) is 21.6. The summed E-state index contributed by atoms with van der Waals surface area (Å²) in [5, 5.41) is 7.00. The summed E-state index contributed by atoms with van der Waals surface area (Å²) in [4.78, 5) is 14.5. The Morgan fingerprint density at radius 1 is 0.958 bits per heavy atom. The van der Waals surface area contributed by atoms with Crippen LogP contribution in [-0.4, -0.2) is 20.7 Å². The van der Waals surface area contributed by atoms with Gasteiger partial charge in [0.1, 0.15) is 5.82 Å². The van der Waals surface area contributed by atoms with Gasteiger partial charge in [0, 0.05) is 26.2 Å². The summed E-state index contributed by atoms with van der Waals surface area (Å²) in [7, 11) is 1.80. The van der Waals surface area contributed by atoms with Gasteiger partial charge in [-0.2, -0.15) is 5.10 Å². The van der Waals surface area contributed by atoms with Crippen LogP contribution >= 0.6 is 0 Å². The second kappa shape index (κ2) is 7.46. The van der Waals surface area contributed by atoms with Crippen molar-refractivity contribution in [1.29, 1.82) is 0 Å². The van der Waals surface area contributed by atoms with Crippen LogP contribution in [-0.2, 0) is 20.1 Å². The molecule has 5 nitrogen and oxygen atoms in total. The lowest BCUT2D eigenvalue weighted by Crippen LogP contribution is -2.34. The van der Waals surface area contributed by atoms with Crippen molar-refractivity contribution in [1.82, 2.24) is 14.7 Å². The molecule has 0 bridgehead atoms. The van der Waals surface area contributed by atoms with Gasteiger partial charge in [0.15, 0.2) is 0 Å². The number of rotatable bonds is 5. The van der Waals surface area contributed by atoms with Crippen LogP contribution in [0.3, 0.4) is 0 Å². The van der Waals surface area contributed by atoms with Crippen LogP contribution < -0.4 is 5.32 Å². The lowest BCUT2D eigenvalue weighted by atomic mass is 10.2. The maximum Gasteiger partial charge on any atom is 0.323 e. The topological polar surface area (TPSA) is 50.2 Å². The SMILES string of the molecule is Cn1nccc1NC(=O)N(Cc1ccccc1)Cc1ccccc1. The van der Waals surface area contributed by atoms with E-state index in [1.54, 1.807) is 28.9 Å². The number of benzene rings is 2. The first-order chi connectivity index (χ1) is 11.7. The first-order valence-corrected chi connectivity index (χ1v) is 7.84. The Kier molecular flexibility index (Phi) is 4.91. The molecular formula is C19H20N4O. The Labute approximate surface area is 141 Å². The van der Waals surface area contributed by atoms with Crippen LogP contribution in [0.25, 0.3) is 0 Å². The Bertz CT molecular complexity index is 742. The number of anilines is 1. The summed E-state index contributed by atoms with van der Waals surface area (Å²) in [6.07, 6.45) is 1.66. The number of aryl methyl sites for hydroxylation is 1. The van der Waals surface area contributed by atoms with Gasteiger partial charge in [-0.15, -0.1) is 0 Å². The molecule has 0 spiro atoms. The van der Waals surface area contributed by atoms with Crippen LogP contribution in [0.1, 0.15) is 11.1 Å². The number of aromatic nitrogens is 2. The molecule has 1 aromatic heterocycles. The predicted octanol–water partition coefficient (Wildman–Crippen LogP) is 3.65. The zero-order chi connectivity index (χ0) is 16.8. The molecule has 0 saturated heterocycles. The third-order valence-corrected chi connectivity index (χ3v) is 3.78. The molecule has 1 N–H and O–H groups in total. The number of carbonyl (C=O) groups is 1. The summed E-state index contributed by atoms with van der Waals surface area (Å²) >= 11 is 0. The molecule has 122 valence electrons. The molecule has 0 fully saturated rings. The maximum atomic E-state index is 12.7. The zero-order valence-electron chi connectivity index (χ0n) is 13.6. The van der Waals surface area contributed by atoms with Crippen LogP contribution in [0.4, 0.5) is 10.6 Å². The second-order valence-corrected chi connectivity index (χ2v) is 5.60. The molecule has 0 saturated carbocycles. The molecule has 0 radical (unpaired) electrons. The molecule has 0 aliphatic heterocycles. The highest BCUT2D eigenvalue weighted by Gasteiger charge is 2.16. The van der Waals surface area contributed by atoms with Gasteiger partial charge in [0.2, 0.25) is 0 Å². The fourth-order valence-corrected chi connectivity index (χ4v) is 2.49. The van der Waals surface area contributed by atoms with Gasteiger partial charge in [-0.25, -0.2) is 4.79 Å². The molecule has 2 amide bonds. The number of urea groups is 1. The number of hydrogen-bond acceptors (Lipinski definition) is 2. The van der Waals surface area contributed by atoms with Crippen molar-refractivity contribution in [3.8, 4) is 0 Å². The van der Waals surface area contributed by atoms with Crippen molar-refractivity contribution in [3.63, 3.8) is 0 Å². The highest BCUT2D eigenvalue weighted by Crippen LogP contribution is 2.13. The number of carbonyl (C=O) groups excluding carboxylic acids is 1. The molecule has 1 heterocycles. The monoisotopic (exact) mass is 320 g/mol. The molecule has 2 aromatic carbocycles. The van der Waals surface area contributed by atoms with Gasteiger partial charge in [0.25, 0.3) is 0 Å². The average molecular weight is 320 g/mol. The molecule has 0 unspecified atom stereocenters. The normalized spacial score (nSPS) is 10.4. The molecule has 5 heteroatoms. The quantitative estimate of drug-likeness (QED) is 0.780. The van der Waals surface area contributed by atoms with E-state index in [2.05, 4.69) is 10.4 Å². The van der Waals surface area contributed by atoms with Crippen LogP contribution in [0.2, 0.25) is 0 Å². The highest BCUT2D eigenvalue weighted by atomic mass is 16.2. The third-order valence-electron chi connectivity index (χ3n) is 3.78. The Morgan fingerprint density at radius 2 is 1.50 bits per heavy atom. The fraction of sp³-hybridized carbons (Fsp3) is 0.158. The molecule has 0 atom stereocenters. The van der Waals surface area contributed by atoms with E-state index < -0.39 is 0 Å². The van der Waals surface area contributed by atoms with Crippen molar-refractivity contribution in [2.24, 2.45) is 7.05 Å². The van der Waals surface area contributed by atoms with Gasteiger partial charge in [-0.3, -0.25) is 10.00 Å². The average Bonchev–Trinajstić information content (AvgIpc) is 3.01. The summed E-state index contributed by atoms with van der Waals surface area (Å²) in [5.41, 5.74) is 2.18. The van der Waals surface area contributed by atoms with Gasteiger partial charge >= 0.3 is 6.03 Å². The van der Waals surface area contributed by atoms with Gasteiger partial charge < -0.3 is 4.90 Å². The minimum atomic E-state index is -0.147. The van der Waals surface area contributed by atoms with Crippen molar-refractivity contribution >= 4 is 11.8 Å². The van der Waals surface area contributed by atoms with E-state index >= 15 is 0 Å². The second-order valence-electron chi connectivity index (χ2n) is 5.60. The molecule has 3 aromatic rings. The van der Waals surface area contributed by atoms with E-state index in [1.165, 1.54) is 0 Å². The smallest absolute Gasteiger partial charge is 0.316 e. The zero-order valence-corrected chi connectivity index (χ0v) is 13.6. The standard InChI is InChI=1S/C19H20N4O/c1-22-18(12-13-20-22)21-19(24)23(14-16-8-4-2-5-9-16)15-17-10-6-3-7-11-17/h2-13H,14-15H2,1H3,(H,21,24). The minimum absolute atomic E-state index is 0.147. The van der Waals surface area contributed by atoms with E-state index in [4.69, 9.17) is 0 Å². The van der Waals surface area contributed by atoms with E-state index in [1.807, 2.05) is 60.7 Å². The molecule has 0 aliphatic rings. The minimum Gasteiger partial charge on any atom is -0.316 e. The Hall–Kier alpha value is -3.08. The summed E-state index contributed by atoms with van der Waals surface area (Å²) < 4.78 is 1.64. The van der Waals surface area contributed by atoms with Crippen LogP contribution in [0, 0.1) is 0 Å². The van der Waals surface area contributed by atoms with Crippen molar-refractivity contribution < 1.29 is 4.79 Å². The van der Waals surface area contributed by atoms with Crippen molar-refractivity contribution in [3.05, 3.63) is 84.1 Å². The van der Waals surface area contributed by atoms with Crippen molar-refractivity contribution in [2.75, 3.05) is 5.32 Å².